The maximum atomic E-state index is 13.6. The van der Waals surface area contributed by atoms with Crippen LogP contribution in [0.3, 0.4) is 0 Å². The number of aromatic amines is 1. The second-order valence-corrected chi connectivity index (χ2v) is 7.86. The molecular weight excluding hydrogens is 340 g/mol. The van der Waals surface area contributed by atoms with Gasteiger partial charge >= 0.3 is 0 Å². The van der Waals surface area contributed by atoms with Crippen molar-refractivity contribution in [2.45, 2.75) is 31.8 Å². The molecule has 1 saturated heterocycles. The number of nitrogens with one attached hydrogen (secondary N) is 2. The zero-order valence-electron chi connectivity index (χ0n) is 15.5. The average Bonchev–Trinajstić information content (AvgIpc) is 3.03. The molecule has 3 heterocycles. The summed E-state index contributed by atoms with van der Waals surface area (Å²) in [6.45, 7) is 2.61. The van der Waals surface area contributed by atoms with Crippen molar-refractivity contribution in [3.8, 4) is 0 Å². The minimum absolute atomic E-state index is 0.0632. The third kappa shape index (κ3) is 2.73. The van der Waals surface area contributed by atoms with E-state index >= 15 is 0 Å². The van der Waals surface area contributed by atoms with E-state index in [2.05, 4.69) is 20.5 Å². The molecule has 1 saturated carbocycles. The number of aromatic nitrogens is 4. The van der Waals surface area contributed by atoms with E-state index < -0.39 is 0 Å². The highest BCUT2D eigenvalue weighted by Gasteiger charge is 2.58. The number of hydrogen-bond donors (Lipinski definition) is 2. The summed E-state index contributed by atoms with van der Waals surface area (Å²) in [7, 11) is 1.98. The summed E-state index contributed by atoms with van der Waals surface area (Å²) >= 11 is 0. The fourth-order valence-corrected chi connectivity index (χ4v) is 4.56. The summed E-state index contributed by atoms with van der Waals surface area (Å²) in [4.78, 5) is 20.1. The Morgan fingerprint density at radius 1 is 1.37 bits per heavy atom. The fraction of sp³-hybridized carbons (Fsp3) is 0.450. The van der Waals surface area contributed by atoms with Gasteiger partial charge < -0.3 is 14.8 Å². The fourth-order valence-electron chi connectivity index (χ4n) is 4.56. The SMILES string of the molecule is Cn1ccnc1CN(C(=O)c1cccc2cn[nH]c12)C1CC12CCNCC2. The summed E-state index contributed by atoms with van der Waals surface area (Å²) in [5, 5.41) is 11.5. The van der Waals surface area contributed by atoms with Gasteiger partial charge in [0.1, 0.15) is 5.82 Å². The Kier molecular flexibility index (Phi) is 3.79. The van der Waals surface area contributed by atoms with Crippen molar-refractivity contribution in [1.82, 2.24) is 30.0 Å². The number of rotatable bonds is 4. The van der Waals surface area contributed by atoms with E-state index in [0.717, 1.165) is 49.1 Å². The van der Waals surface area contributed by atoms with Crippen molar-refractivity contribution in [1.29, 1.82) is 0 Å². The number of imidazole rings is 1. The number of carbonyl (C=O) groups excluding carboxylic acids is 1. The molecule has 1 aromatic carbocycles. The average molecular weight is 364 g/mol. The highest BCUT2D eigenvalue weighted by Crippen LogP contribution is 2.56. The van der Waals surface area contributed by atoms with Gasteiger partial charge in [0.15, 0.2) is 0 Å². The zero-order valence-corrected chi connectivity index (χ0v) is 15.5. The summed E-state index contributed by atoms with van der Waals surface area (Å²) in [5.41, 5.74) is 1.77. The monoisotopic (exact) mass is 364 g/mol. The van der Waals surface area contributed by atoms with Crippen molar-refractivity contribution < 1.29 is 4.79 Å². The van der Waals surface area contributed by atoms with Gasteiger partial charge in [0.25, 0.3) is 5.91 Å². The van der Waals surface area contributed by atoms with Gasteiger partial charge in [-0.2, -0.15) is 5.10 Å². The van der Waals surface area contributed by atoms with Gasteiger partial charge in [-0.15, -0.1) is 0 Å². The summed E-state index contributed by atoms with van der Waals surface area (Å²) in [6.07, 6.45) is 8.85. The maximum absolute atomic E-state index is 13.6. The number of amides is 1. The zero-order chi connectivity index (χ0) is 18.4. The van der Waals surface area contributed by atoms with Crippen molar-refractivity contribution in [2.75, 3.05) is 13.1 Å². The predicted molar refractivity (Wildman–Crippen MR) is 102 cm³/mol. The Morgan fingerprint density at radius 2 is 2.22 bits per heavy atom. The number of para-hydroxylation sites is 1. The molecule has 1 aliphatic carbocycles. The smallest absolute Gasteiger partial charge is 0.256 e. The number of nitrogens with zero attached hydrogens (tertiary/aromatic N) is 4. The van der Waals surface area contributed by atoms with E-state index in [1.807, 2.05) is 40.9 Å². The van der Waals surface area contributed by atoms with Crippen LogP contribution >= 0.6 is 0 Å². The van der Waals surface area contributed by atoms with E-state index in [0.29, 0.717) is 12.1 Å². The number of hydrogen-bond acceptors (Lipinski definition) is 4. The lowest BCUT2D eigenvalue weighted by Crippen LogP contribution is -2.39. The first-order valence-electron chi connectivity index (χ1n) is 9.58. The Hall–Kier alpha value is -2.67. The molecule has 2 N–H and O–H groups in total. The molecule has 1 spiro atoms. The number of carbonyl (C=O) groups is 1. The first-order valence-corrected chi connectivity index (χ1v) is 9.58. The molecule has 3 aromatic rings. The molecule has 7 nitrogen and oxygen atoms in total. The molecule has 0 bridgehead atoms. The molecule has 0 radical (unpaired) electrons. The third-order valence-electron chi connectivity index (χ3n) is 6.32. The molecule has 1 unspecified atom stereocenters. The van der Waals surface area contributed by atoms with Gasteiger partial charge in [-0.25, -0.2) is 4.98 Å². The van der Waals surface area contributed by atoms with Crippen LogP contribution in [0.15, 0.2) is 36.8 Å². The Balaban J connectivity index is 1.50. The molecule has 2 fully saturated rings. The van der Waals surface area contributed by atoms with Crippen LogP contribution in [-0.4, -0.2) is 49.7 Å². The lowest BCUT2D eigenvalue weighted by molar-refractivity contribution is 0.0687. The number of fused-ring (bicyclic) bond motifs is 1. The summed E-state index contributed by atoms with van der Waals surface area (Å²) in [6, 6.07) is 6.08. The standard InChI is InChI=1S/C20H24N6O/c1-25-10-9-22-17(25)13-26(16-11-20(16)5-7-21-8-6-20)19(27)15-4-2-3-14-12-23-24-18(14)15/h2-4,9-10,12,16,21H,5-8,11,13H2,1H3,(H,23,24). The lowest BCUT2D eigenvalue weighted by Gasteiger charge is -2.29. The molecule has 1 amide bonds. The van der Waals surface area contributed by atoms with Crippen LogP contribution in [-0.2, 0) is 13.6 Å². The van der Waals surface area contributed by atoms with E-state index in [1.165, 1.54) is 0 Å². The van der Waals surface area contributed by atoms with Crippen LogP contribution < -0.4 is 5.32 Å². The topological polar surface area (TPSA) is 78.8 Å². The van der Waals surface area contributed by atoms with Gasteiger partial charge in [0.2, 0.25) is 0 Å². The molecular formula is C20H24N6O. The van der Waals surface area contributed by atoms with Gasteiger partial charge in [-0.1, -0.05) is 12.1 Å². The molecule has 27 heavy (non-hydrogen) atoms. The lowest BCUT2D eigenvalue weighted by atomic mass is 9.93. The van der Waals surface area contributed by atoms with E-state index in [9.17, 15) is 4.79 Å². The van der Waals surface area contributed by atoms with Crippen LogP contribution in [0.5, 0.6) is 0 Å². The van der Waals surface area contributed by atoms with Crippen molar-refractivity contribution in [2.24, 2.45) is 12.5 Å². The second-order valence-electron chi connectivity index (χ2n) is 7.86. The van der Waals surface area contributed by atoms with E-state index in [-0.39, 0.29) is 17.4 Å². The summed E-state index contributed by atoms with van der Waals surface area (Å²) in [5.74, 6) is 0.976. The van der Waals surface area contributed by atoms with Crippen LogP contribution in [0.1, 0.15) is 35.4 Å². The van der Waals surface area contributed by atoms with Crippen LogP contribution in [0.4, 0.5) is 0 Å². The molecule has 2 aliphatic rings. The highest BCUT2D eigenvalue weighted by atomic mass is 16.2. The van der Waals surface area contributed by atoms with Crippen LogP contribution in [0, 0.1) is 5.41 Å². The normalized spacial score (nSPS) is 20.9. The molecule has 7 heteroatoms. The molecule has 1 aliphatic heterocycles. The molecule has 140 valence electrons. The third-order valence-corrected chi connectivity index (χ3v) is 6.32. The number of piperidine rings is 1. The Labute approximate surface area is 157 Å². The van der Waals surface area contributed by atoms with Gasteiger partial charge in [0.05, 0.1) is 23.8 Å². The summed E-state index contributed by atoms with van der Waals surface area (Å²) < 4.78 is 1.99. The Morgan fingerprint density at radius 3 is 3.00 bits per heavy atom. The minimum atomic E-state index is 0.0632. The first kappa shape index (κ1) is 16.5. The van der Waals surface area contributed by atoms with Gasteiger partial charge in [-0.05, 0) is 43.8 Å². The Bertz CT molecular complexity index is 983. The van der Waals surface area contributed by atoms with Gasteiger partial charge in [0, 0.05) is 30.9 Å². The van der Waals surface area contributed by atoms with Crippen molar-refractivity contribution >= 4 is 16.8 Å². The van der Waals surface area contributed by atoms with Crippen molar-refractivity contribution in [3.05, 3.63) is 48.2 Å². The molecule has 5 rings (SSSR count). The molecule has 2 aromatic heterocycles. The van der Waals surface area contributed by atoms with E-state index in [1.54, 1.807) is 12.4 Å². The number of H-pyrrole nitrogens is 1. The van der Waals surface area contributed by atoms with E-state index in [4.69, 9.17) is 0 Å². The van der Waals surface area contributed by atoms with Gasteiger partial charge in [-0.3, -0.25) is 9.89 Å². The predicted octanol–water partition coefficient (Wildman–Crippen LogP) is 2.08. The highest BCUT2D eigenvalue weighted by molar-refractivity contribution is 6.05. The van der Waals surface area contributed by atoms with Crippen LogP contribution in [0.2, 0.25) is 0 Å². The number of benzene rings is 1. The molecule has 1 atom stereocenters. The van der Waals surface area contributed by atoms with Crippen LogP contribution in [0.25, 0.3) is 10.9 Å². The minimum Gasteiger partial charge on any atom is -0.337 e. The maximum Gasteiger partial charge on any atom is 0.256 e. The largest absolute Gasteiger partial charge is 0.337 e. The quantitative estimate of drug-likeness (QED) is 0.743. The van der Waals surface area contributed by atoms with Crippen molar-refractivity contribution in [3.63, 3.8) is 0 Å². The number of aryl methyl sites for hydroxylation is 1. The second kappa shape index (κ2) is 6.20. The first-order chi connectivity index (χ1) is 13.2.